The van der Waals surface area contributed by atoms with E-state index >= 15 is 0 Å². The first-order chi connectivity index (χ1) is 8.15. The molecule has 2 heteroatoms. The van der Waals surface area contributed by atoms with Crippen LogP contribution in [0.25, 0.3) is 0 Å². The van der Waals surface area contributed by atoms with Gasteiger partial charge in [0.1, 0.15) is 0 Å². The van der Waals surface area contributed by atoms with Crippen molar-refractivity contribution in [1.29, 1.82) is 0 Å². The van der Waals surface area contributed by atoms with Gasteiger partial charge in [0.05, 0.1) is 0 Å². The maximum Gasteiger partial charge on any atom is -0.00130 e. The fraction of sp³-hybridized carbons (Fsp3) is 1.00. The summed E-state index contributed by atoms with van der Waals surface area (Å²) in [5.41, 5.74) is 6.46. The molecule has 2 fully saturated rings. The van der Waals surface area contributed by atoms with E-state index in [2.05, 4.69) is 18.7 Å². The van der Waals surface area contributed by atoms with Crippen LogP contribution in [0.15, 0.2) is 0 Å². The Bertz CT molecular complexity index is 220. The molecule has 1 saturated carbocycles. The first kappa shape index (κ1) is 13.4. The normalized spacial score (nSPS) is 26.1. The van der Waals surface area contributed by atoms with Crippen LogP contribution in [0.1, 0.15) is 52.4 Å². The van der Waals surface area contributed by atoms with Crippen molar-refractivity contribution in [3.63, 3.8) is 0 Å². The van der Waals surface area contributed by atoms with Crippen molar-refractivity contribution in [3.8, 4) is 0 Å². The molecule has 17 heavy (non-hydrogen) atoms. The Labute approximate surface area is 107 Å². The lowest BCUT2D eigenvalue weighted by Crippen LogP contribution is -2.42. The van der Waals surface area contributed by atoms with Crippen LogP contribution in [0.2, 0.25) is 0 Å². The molecule has 1 saturated heterocycles. The summed E-state index contributed by atoms with van der Waals surface area (Å²) < 4.78 is 0. The Hall–Kier alpha value is -0.0800. The molecule has 1 aliphatic heterocycles. The van der Waals surface area contributed by atoms with E-state index in [1.807, 2.05) is 0 Å². The summed E-state index contributed by atoms with van der Waals surface area (Å²) in [7, 11) is 0. The molecule has 0 aromatic heterocycles. The molecule has 0 unspecified atom stereocenters. The molecule has 0 amide bonds. The number of nitrogens with two attached hydrogens (primary N) is 1. The van der Waals surface area contributed by atoms with Crippen molar-refractivity contribution in [2.75, 3.05) is 26.2 Å². The minimum absolute atomic E-state index is 0.537. The molecule has 0 spiro atoms. The highest BCUT2D eigenvalue weighted by atomic mass is 15.1. The van der Waals surface area contributed by atoms with Crippen molar-refractivity contribution < 1.29 is 0 Å². The predicted molar refractivity (Wildman–Crippen MR) is 74.0 cm³/mol. The van der Waals surface area contributed by atoms with E-state index in [1.165, 1.54) is 58.2 Å². The summed E-state index contributed by atoms with van der Waals surface area (Å²) in [4.78, 5) is 2.68. The molecule has 2 rings (SSSR count). The summed E-state index contributed by atoms with van der Waals surface area (Å²) in [6.07, 6.45) is 8.33. The number of hydrogen-bond acceptors (Lipinski definition) is 2. The van der Waals surface area contributed by atoms with E-state index in [4.69, 9.17) is 5.73 Å². The fourth-order valence-electron chi connectivity index (χ4n) is 3.47. The molecule has 0 aromatic rings. The third-order valence-corrected chi connectivity index (χ3v) is 5.38. The van der Waals surface area contributed by atoms with Gasteiger partial charge in [0.2, 0.25) is 0 Å². The van der Waals surface area contributed by atoms with Gasteiger partial charge in [-0.15, -0.1) is 0 Å². The average molecular weight is 238 g/mol. The summed E-state index contributed by atoms with van der Waals surface area (Å²) in [6.45, 7) is 9.60. The van der Waals surface area contributed by atoms with Gasteiger partial charge < -0.3 is 10.6 Å². The third-order valence-electron chi connectivity index (χ3n) is 5.38. The molecule has 1 aliphatic carbocycles. The van der Waals surface area contributed by atoms with Gasteiger partial charge >= 0.3 is 0 Å². The second-order valence-electron chi connectivity index (χ2n) is 6.73. The van der Waals surface area contributed by atoms with Gasteiger partial charge in [-0.25, -0.2) is 0 Å². The highest BCUT2D eigenvalue weighted by Crippen LogP contribution is 2.43. The van der Waals surface area contributed by atoms with Crippen LogP contribution < -0.4 is 5.73 Å². The molecule has 100 valence electrons. The summed E-state index contributed by atoms with van der Waals surface area (Å²) >= 11 is 0. The van der Waals surface area contributed by atoms with Crippen molar-refractivity contribution in [2.45, 2.75) is 52.4 Å². The minimum atomic E-state index is 0.537. The number of nitrogens with zero attached hydrogens (tertiary/aromatic N) is 1. The average Bonchev–Trinajstić information content (AvgIpc) is 2.29. The van der Waals surface area contributed by atoms with Gasteiger partial charge in [0.25, 0.3) is 0 Å². The first-order valence-electron chi connectivity index (χ1n) is 7.58. The summed E-state index contributed by atoms with van der Waals surface area (Å²) in [5.74, 6) is 1.84. The van der Waals surface area contributed by atoms with Crippen molar-refractivity contribution in [1.82, 2.24) is 4.90 Å². The minimum Gasteiger partial charge on any atom is -0.330 e. The highest BCUT2D eigenvalue weighted by molar-refractivity contribution is 4.89. The highest BCUT2D eigenvalue weighted by Gasteiger charge is 2.35. The van der Waals surface area contributed by atoms with Gasteiger partial charge in [0.15, 0.2) is 0 Å². The Kier molecular flexibility index (Phi) is 4.48. The maximum atomic E-state index is 5.93. The Morgan fingerprint density at radius 2 is 1.88 bits per heavy atom. The lowest BCUT2D eigenvalue weighted by atomic mass is 9.66. The van der Waals surface area contributed by atoms with E-state index in [0.717, 1.165) is 18.4 Å². The SMILES string of the molecule is CC(C)C1CCN(CCC2(CN)CCC2)CC1. The lowest BCUT2D eigenvalue weighted by molar-refractivity contribution is 0.0875. The van der Waals surface area contributed by atoms with E-state index in [0.29, 0.717) is 5.41 Å². The Balaban J connectivity index is 1.68. The van der Waals surface area contributed by atoms with Gasteiger partial charge in [-0.05, 0) is 75.5 Å². The van der Waals surface area contributed by atoms with E-state index in [9.17, 15) is 0 Å². The zero-order chi connectivity index (χ0) is 12.3. The topological polar surface area (TPSA) is 29.3 Å². The van der Waals surface area contributed by atoms with Gasteiger partial charge in [-0.1, -0.05) is 20.3 Å². The largest absolute Gasteiger partial charge is 0.330 e. The standard InChI is InChI=1S/C15H30N2/c1-13(2)14-4-9-17(10-5-14)11-8-15(12-16)6-3-7-15/h13-14H,3-12,16H2,1-2H3. The number of piperidine rings is 1. The molecular weight excluding hydrogens is 208 g/mol. The smallest absolute Gasteiger partial charge is 0.00130 e. The Morgan fingerprint density at radius 3 is 2.29 bits per heavy atom. The third kappa shape index (κ3) is 3.23. The lowest BCUT2D eigenvalue weighted by Gasteiger charge is -2.43. The van der Waals surface area contributed by atoms with Crippen LogP contribution in [0, 0.1) is 17.3 Å². The molecule has 2 aliphatic rings. The van der Waals surface area contributed by atoms with Gasteiger partial charge in [0, 0.05) is 0 Å². The molecule has 0 bridgehead atoms. The molecule has 0 aromatic carbocycles. The van der Waals surface area contributed by atoms with Gasteiger partial charge in [-0.3, -0.25) is 0 Å². The van der Waals surface area contributed by atoms with Crippen LogP contribution in [-0.4, -0.2) is 31.1 Å². The quantitative estimate of drug-likeness (QED) is 0.798. The number of likely N-dealkylation sites (tertiary alicyclic amines) is 1. The van der Waals surface area contributed by atoms with E-state index < -0.39 is 0 Å². The fourth-order valence-corrected chi connectivity index (χ4v) is 3.47. The first-order valence-corrected chi connectivity index (χ1v) is 7.58. The predicted octanol–water partition coefficient (Wildman–Crippen LogP) is 2.87. The van der Waals surface area contributed by atoms with Crippen LogP contribution in [-0.2, 0) is 0 Å². The molecular formula is C15H30N2. The maximum absolute atomic E-state index is 5.93. The van der Waals surface area contributed by atoms with Crippen molar-refractivity contribution in [2.24, 2.45) is 23.0 Å². The van der Waals surface area contributed by atoms with Crippen molar-refractivity contribution >= 4 is 0 Å². The Morgan fingerprint density at radius 1 is 1.24 bits per heavy atom. The van der Waals surface area contributed by atoms with E-state index in [-0.39, 0.29) is 0 Å². The van der Waals surface area contributed by atoms with Crippen LogP contribution in [0.3, 0.4) is 0 Å². The zero-order valence-corrected chi connectivity index (χ0v) is 11.8. The monoisotopic (exact) mass is 238 g/mol. The van der Waals surface area contributed by atoms with Gasteiger partial charge in [-0.2, -0.15) is 0 Å². The number of hydrogen-bond donors (Lipinski definition) is 1. The molecule has 0 radical (unpaired) electrons. The van der Waals surface area contributed by atoms with Crippen LogP contribution >= 0.6 is 0 Å². The molecule has 0 atom stereocenters. The summed E-state index contributed by atoms with van der Waals surface area (Å²) in [5, 5.41) is 0. The molecule has 2 N–H and O–H groups in total. The molecule has 2 nitrogen and oxygen atoms in total. The van der Waals surface area contributed by atoms with Crippen LogP contribution in [0.4, 0.5) is 0 Å². The van der Waals surface area contributed by atoms with Crippen LogP contribution in [0.5, 0.6) is 0 Å². The van der Waals surface area contributed by atoms with E-state index in [1.54, 1.807) is 0 Å². The second-order valence-corrected chi connectivity index (χ2v) is 6.73. The molecule has 1 heterocycles. The second kappa shape index (κ2) is 5.71. The number of rotatable bonds is 5. The zero-order valence-electron chi connectivity index (χ0n) is 11.8. The van der Waals surface area contributed by atoms with Crippen molar-refractivity contribution in [3.05, 3.63) is 0 Å². The summed E-state index contributed by atoms with van der Waals surface area (Å²) in [6, 6.07) is 0.